The molecule has 1 aliphatic heterocycles. The molecule has 0 N–H and O–H groups in total. The van der Waals surface area contributed by atoms with Crippen LogP contribution in [0.1, 0.15) is 35.0 Å². The maximum atomic E-state index is 13.0. The zero-order chi connectivity index (χ0) is 17.2. The fraction of sp³-hybridized carbons (Fsp3) is 0.278. The Balaban J connectivity index is 1.50. The van der Waals surface area contributed by atoms with Gasteiger partial charge >= 0.3 is 0 Å². The number of aromatic nitrogens is 2. The van der Waals surface area contributed by atoms with Gasteiger partial charge in [0, 0.05) is 18.7 Å². The average Bonchev–Trinajstić information content (AvgIpc) is 3.34. The third kappa shape index (κ3) is 3.17. The Morgan fingerprint density at radius 3 is 2.84 bits per heavy atom. The molecule has 2 aromatic heterocycles. The van der Waals surface area contributed by atoms with E-state index in [1.165, 1.54) is 24.7 Å². The van der Waals surface area contributed by atoms with Gasteiger partial charge in [0.2, 0.25) is 11.7 Å². The summed E-state index contributed by atoms with van der Waals surface area (Å²) in [6.07, 6.45) is 4.68. The Bertz CT molecular complexity index is 858. The molecule has 0 radical (unpaired) electrons. The molecule has 0 spiro atoms. The number of piperidine rings is 1. The van der Waals surface area contributed by atoms with Gasteiger partial charge in [-0.25, -0.2) is 4.39 Å². The summed E-state index contributed by atoms with van der Waals surface area (Å²) in [5.74, 6) is 0.550. The van der Waals surface area contributed by atoms with Crippen molar-refractivity contribution in [2.24, 2.45) is 0 Å². The number of likely N-dealkylation sites (tertiary alicyclic amines) is 1. The van der Waals surface area contributed by atoms with Crippen LogP contribution in [-0.4, -0.2) is 34.0 Å². The van der Waals surface area contributed by atoms with E-state index in [-0.39, 0.29) is 17.6 Å². The predicted octanol–water partition coefficient (Wildman–Crippen LogP) is 3.49. The molecule has 0 aliphatic carbocycles. The molecule has 128 valence electrons. The molecule has 1 aromatic carbocycles. The molecule has 0 saturated carbocycles. The van der Waals surface area contributed by atoms with E-state index < -0.39 is 0 Å². The van der Waals surface area contributed by atoms with Crippen LogP contribution in [0.25, 0.3) is 11.4 Å². The maximum absolute atomic E-state index is 13.0. The van der Waals surface area contributed by atoms with Crippen molar-refractivity contribution in [3.63, 3.8) is 0 Å². The lowest BCUT2D eigenvalue weighted by Crippen LogP contribution is -2.39. The summed E-state index contributed by atoms with van der Waals surface area (Å²) in [6.45, 7) is 1.22. The monoisotopic (exact) mass is 341 g/mol. The number of rotatable bonds is 3. The van der Waals surface area contributed by atoms with Crippen molar-refractivity contribution < 1.29 is 18.1 Å². The summed E-state index contributed by atoms with van der Waals surface area (Å²) in [7, 11) is 0. The van der Waals surface area contributed by atoms with E-state index in [1.54, 1.807) is 23.1 Å². The predicted molar refractivity (Wildman–Crippen MR) is 86.3 cm³/mol. The second-order valence-corrected chi connectivity index (χ2v) is 6.07. The Kier molecular flexibility index (Phi) is 4.05. The standard InChI is InChI=1S/C18H16FN3O3/c19-15-5-3-12(4-6-15)16-20-17(25-21-16)13-2-1-8-22(10-13)18(23)14-7-9-24-11-14/h3-7,9,11,13H,1-2,8,10H2/t13-/m0/s1. The summed E-state index contributed by atoms with van der Waals surface area (Å²) in [5.41, 5.74) is 1.23. The molecule has 4 rings (SSSR count). The number of nitrogens with zero attached hydrogens (tertiary/aromatic N) is 3. The van der Waals surface area contributed by atoms with Crippen LogP contribution in [0.5, 0.6) is 0 Å². The average molecular weight is 341 g/mol. The molecule has 25 heavy (non-hydrogen) atoms. The first-order valence-corrected chi connectivity index (χ1v) is 8.12. The second-order valence-electron chi connectivity index (χ2n) is 6.07. The van der Waals surface area contributed by atoms with E-state index >= 15 is 0 Å². The minimum absolute atomic E-state index is 0.00806. The number of halogens is 1. The molecular formula is C18H16FN3O3. The smallest absolute Gasteiger partial charge is 0.257 e. The van der Waals surface area contributed by atoms with Crippen LogP contribution in [0.4, 0.5) is 4.39 Å². The number of carbonyl (C=O) groups excluding carboxylic acids is 1. The second kappa shape index (κ2) is 6.51. The van der Waals surface area contributed by atoms with Gasteiger partial charge in [-0.2, -0.15) is 4.98 Å². The number of benzene rings is 1. The van der Waals surface area contributed by atoms with Crippen molar-refractivity contribution in [1.82, 2.24) is 15.0 Å². The molecule has 6 nitrogen and oxygen atoms in total. The van der Waals surface area contributed by atoms with Gasteiger partial charge in [-0.05, 0) is 43.2 Å². The van der Waals surface area contributed by atoms with Crippen molar-refractivity contribution in [1.29, 1.82) is 0 Å². The molecule has 1 atom stereocenters. The van der Waals surface area contributed by atoms with Crippen LogP contribution < -0.4 is 0 Å². The highest BCUT2D eigenvalue weighted by atomic mass is 19.1. The van der Waals surface area contributed by atoms with Gasteiger partial charge in [0.05, 0.1) is 17.7 Å². The van der Waals surface area contributed by atoms with Gasteiger partial charge in [0.15, 0.2) is 0 Å². The van der Waals surface area contributed by atoms with Gasteiger partial charge in [-0.1, -0.05) is 5.16 Å². The molecule has 1 fully saturated rings. The summed E-state index contributed by atoms with van der Waals surface area (Å²) < 4.78 is 23.4. The molecule has 3 heterocycles. The molecule has 0 bridgehead atoms. The maximum Gasteiger partial charge on any atom is 0.257 e. The highest BCUT2D eigenvalue weighted by molar-refractivity contribution is 5.93. The molecule has 3 aromatic rings. The van der Waals surface area contributed by atoms with Crippen molar-refractivity contribution in [3.05, 3.63) is 60.1 Å². The fourth-order valence-electron chi connectivity index (χ4n) is 3.05. The zero-order valence-electron chi connectivity index (χ0n) is 13.4. The summed E-state index contributed by atoms with van der Waals surface area (Å²) in [4.78, 5) is 18.7. The first-order chi connectivity index (χ1) is 12.2. The van der Waals surface area contributed by atoms with E-state index in [9.17, 15) is 9.18 Å². The van der Waals surface area contributed by atoms with Gasteiger partial charge in [-0.15, -0.1) is 0 Å². The Morgan fingerprint density at radius 1 is 1.24 bits per heavy atom. The fourth-order valence-corrected chi connectivity index (χ4v) is 3.05. The number of hydrogen-bond acceptors (Lipinski definition) is 5. The quantitative estimate of drug-likeness (QED) is 0.729. The van der Waals surface area contributed by atoms with Crippen molar-refractivity contribution in [3.8, 4) is 11.4 Å². The lowest BCUT2D eigenvalue weighted by molar-refractivity contribution is 0.0695. The summed E-state index contributed by atoms with van der Waals surface area (Å²) >= 11 is 0. The Hall–Kier alpha value is -2.96. The van der Waals surface area contributed by atoms with E-state index in [2.05, 4.69) is 10.1 Å². The topological polar surface area (TPSA) is 72.4 Å². The van der Waals surface area contributed by atoms with Crippen LogP contribution in [0, 0.1) is 5.82 Å². The third-order valence-corrected chi connectivity index (χ3v) is 4.37. The van der Waals surface area contributed by atoms with Gasteiger partial charge in [0.25, 0.3) is 5.91 Å². The summed E-state index contributed by atoms with van der Waals surface area (Å²) in [6, 6.07) is 7.60. The molecule has 1 amide bonds. The number of furan rings is 1. The molecule has 7 heteroatoms. The van der Waals surface area contributed by atoms with Crippen LogP contribution in [0.3, 0.4) is 0 Å². The van der Waals surface area contributed by atoms with Crippen molar-refractivity contribution in [2.75, 3.05) is 13.1 Å². The lowest BCUT2D eigenvalue weighted by Gasteiger charge is -2.30. The van der Waals surface area contributed by atoms with Gasteiger partial charge in [-0.3, -0.25) is 4.79 Å². The van der Waals surface area contributed by atoms with Crippen LogP contribution in [0.15, 0.2) is 51.8 Å². The highest BCUT2D eigenvalue weighted by Crippen LogP contribution is 2.28. The largest absolute Gasteiger partial charge is 0.472 e. The van der Waals surface area contributed by atoms with E-state index in [0.717, 1.165) is 12.8 Å². The zero-order valence-corrected chi connectivity index (χ0v) is 13.4. The molecular weight excluding hydrogens is 325 g/mol. The molecule has 1 saturated heterocycles. The highest BCUT2D eigenvalue weighted by Gasteiger charge is 2.29. The number of amides is 1. The van der Waals surface area contributed by atoms with E-state index in [4.69, 9.17) is 8.94 Å². The van der Waals surface area contributed by atoms with Gasteiger partial charge in [0.1, 0.15) is 12.1 Å². The van der Waals surface area contributed by atoms with Crippen molar-refractivity contribution >= 4 is 5.91 Å². The first kappa shape index (κ1) is 15.6. The number of carbonyl (C=O) groups is 1. The van der Waals surface area contributed by atoms with E-state index in [0.29, 0.717) is 35.9 Å². The van der Waals surface area contributed by atoms with Crippen molar-refractivity contribution in [2.45, 2.75) is 18.8 Å². The third-order valence-electron chi connectivity index (χ3n) is 4.37. The van der Waals surface area contributed by atoms with Crippen LogP contribution in [-0.2, 0) is 0 Å². The molecule has 0 unspecified atom stereocenters. The first-order valence-electron chi connectivity index (χ1n) is 8.12. The normalized spacial score (nSPS) is 17.6. The van der Waals surface area contributed by atoms with Crippen LogP contribution in [0.2, 0.25) is 0 Å². The number of hydrogen-bond donors (Lipinski definition) is 0. The minimum atomic E-state index is -0.312. The lowest BCUT2D eigenvalue weighted by atomic mass is 9.97. The SMILES string of the molecule is O=C(c1ccoc1)N1CCC[C@H](c2nc(-c3ccc(F)cc3)no2)C1. The van der Waals surface area contributed by atoms with Gasteiger partial charge < -0.3 is 13.8 Å². The Morgan fingerprint density at radius 2 is 2.08 bits per heavy atom. The minimum Gasteiger partial charge on any atom is -0.472 e. The van der Waals surface area contributed by atoms with Crippen LogP contribution >= 0.6 is 0 Å². The summed E-state index contributed by atoms with van der Waals surface area (Å²) in [5, 5.41) is 3.98. The van der Waals surface area contributed by atoms with E-state index in [1.807, 2.05) is 0 Å². The Labute approximate surface area is 143 Å². The molecule has 1 aliphatic rings.